The van der Waals surface area contributed by atoms with Crippen molar-refractivity contribution in [3.05, 3.63) is 94.9 Å². The molecule has 1 fully saturated rings. The van der Waals surface area contributed by atoms with Crippen LogP contribution in [0.4, 0.5) is 4.39 Å². The molecule has 0 spiro atoms. The summed E-state index contributed by atoms with van der Waals surface area (Å²) in [6.07, 6.45) is 5.64. The van der Waals surface area contributed by atoms with Crippen LogP contribution in [-0.2, 0) is 6.42 Å². The molecule has 1 aliphatic heterocycles. The third kappa shape index (κ3) is 5.32. The molecular formula is C32H31FN2O4. The molecule has 1 unspecified atom stereocenters. The minimum absolute atomic E-state index is 0.104. The lowest BCUT2D eigenvalue weighted by atomic mass is 9.87. The van der Waals surface area contributed by atoms with Gasteiger partial charge in [0.1, 0.15) is 17.4 Å². The molecule has 2 aliphatic rings. The first-order valence-electron chi connectivity index (χ1n) is 13.6. The van der Waals surface area contributed by atoms with E-state index in [1.807, 2.05) is 30.3 Å². The van der Waals surface area contributed by atoms with E-state index in [9.17, 15) is 14.3 Å². The zero-order valence-electron chi connectivity index (χ0n) is 21.7. The standard InChI is InChI=1S/C32H31FN2O4/c33-14-2-15-35-16-13-26(19-35)39-25-9-5-21(6-10-25)31-27(23-8-12-30-29(18-23)34-20-38-30)4-1-3-22-17-24(32(36)37)7-11-28(22)31/h5-12,17-18,20,26H,1-4,13-16,19H2,(H,36,37). The van der Waals surface area contributed by atoms with E-state index in [1.54, 1.807) is 6.07 Å². The van der Waals surface area contributed by atoms with Gasteiger partial charge in [-0.1, -0.05) is 24.3 Å². The van der Waals surface area contributed by atoms with Crippen LogP contribution >= 0.6 is 0 Å². The number of rotatable bonds is 8. The lowest BCUT2D eigenvalue weighted by molar-refractivity contribution is 0.0696. The Morgan fingerprint density at radius 1 is 1.08 bits per heavy atom. The second kappa shape index (κ2) is 11.0. The van der Waals surface area contributed by atoms with Gasteiger partial charge in [-0.2, -0.15) is 0 Å². The minimum atomic E-state index is -0.916. The predicted octanol–water partition coefficient (Wildman–Crippen LogP) is 6.63. The number of hydrogen-bond acceptors (Lipinski definition) is 5. The number of fused-ring (bicyclic) bond motifs is 2. The number of nitrogens with zero attached hydrogens (tertiary/aromatic N) is 2. The summed E-state index contributed by atoms with van der Waals surface area (Å²) in [5.74, 6) is -0.0988. The second-order valence-corrected chi connectivity index (χ2v) is 10.3. The topological polar surface area (TPSA) is 75.8 Å². The van der Waals surface area contributed by atoms with Crippen LogP contribution in [0.25, 0.3) is 22.2 Å². The fourth-order valence-corrected chi connectivity index (χ4v) is 5.86. The van der Waals surface area contributed by atoms with Crippen molar-refractivity contribution in [2.24, 2.45) is 0 Å². The number of carbonyl (C=O) groups is 1. The van der Waals surface area contributed by atoms with E-state index in [4.69, 9.17) is 9.15 Å². The van der Waals surface area contributed by atoms with Gasteiger partial charge in [0, 0.05) is 19.6 Å². The number of alkyl halides is 1. The number of hydrogen-bond donors (Lipinski definition) is 1. The number of aromatic carboxylic acids is 1. The van der Waals surface area contributed by atoms with Crippen LogP contribution in [0, 0.1) is 0 Å². The largest absolute Gasteiger partial charge is 0.489 e. The number of oxazole rings is 1. The maximum atomic E-state index is 12.5. The molecule has 3 aromatic carbocycles. The number of ether oxygens (including phenoxy) is 1. The van der Waals surface area contributed by atoms with E-state index in [2.05, 4.69) is 34.1 Å². The average molecular weight is 527 g/mol. The molecule has 1 atom stereocenters. The summed E-state index contributed by atoms with van der Waals surface area (Å²) in [7, 11) is 0. The Morgan fingerprint density at radius 2 is 1.92 bits per heavy atom. The molecule has 0 radical (unpaired) electrons. The van der Waals surface area contributed by atoms with E-state index >= 15 is 0 Å². The fourth-order valence-electron chi connectivity index (χ4n) is 5.86. The van der Waals surface area contributed by atoms with Crippen LogP contribution in [0.15, 0.2) is 71.5 Å². The van der Waals surface area contributed by atoms with Gasteiger partial charge < -0.3 is 14.3 Å². The molecule has 1 aliphatic carbocycles. The third-order valence-corrected chi connectivity index (χ3v) is 7.76. The van der Waals surface area contributed by atoms with Gasteiger partial charge in [-0.15, -0.1) is 0 Å². The van der Waals surface area contributed by atoms with Gasteiger partial charge in [0.05, 0.1) is 12.2 Å². The van der Waals surface area contributed by atoms with Crippen molar-refractivity contribution >= 4 is 28.2 Å². The van der Waals surface area contributed by atoms with E-state index in [-0.39, 0.29) is 12.8 Å². The maximum absolute atomic E-state index is 12.5. The summed E-state index contributed by atoms with van der Waals surface area (Å²) in [6, 6.07) is 19.8. The van der Waals surface area contributed by atoms with Gasteiger partial charge in [-0.25, -0.2) is 9.78 Å². The van der Waals surface area contributed by atoms with Gasteiger partial charge in [0.15, 0.2) is 12.0 Å². The molecule has 39 heavy (non-hydrogen) atoms. The Hall–Kier alpha value is -3.97. The zero-order valence-corrected chi connectivity index (χ0v) is 21.7. The summed E-state index contributed by atoms with van der Waals surface area (Å²) < 4.78 is 24.3. The number of aryl methyl sites for hydroxylation is 1. The summed E-state index contributed by atoms with van der Waals surface area (Å²) in [5, 5.41) is 9.59. The lowest BCUT2D eigenvalue weighted by Crippen LogP contribution is -2.26. The van der Waals surface area contributed by atoms with Gasteiger partial charge >= 0.3 is 5.97 Å². The molecule has 2 heterocycles. The van der Waals surface area contributed by atoms with E-state index in [0.717, 1.165) is 90.0 Å². The van der Waals surface area contributed by atoms with Gasteiger partial charge in [0.25, 0.3) is 0 Å². The van der Waals surface area contributed by atoms with Gasteiger partial charge in [-0.3, -0.25) is 9.29 Å². The minimum Gasteiger partial charge on any atom is -0.489 e. The lowest BCUT2D eigenvalue weighted by Gasteiger charge is -2.19. The first-order chi connectivity index (χ1) is 19.1. The van der Waals surface area contributed by atoms with Gasteiger partial charge in [-0.05, 0) is 102 Å². The van der Waals surface area contributed by atoms with Crippen molar-refractivity contribution in [2.75, 3.05) is 26.3 Å². The van der Waals surface area contributed by atoms with E-state index < -0.39 is 5.97 Å². The Bertz CT molecular complexity index is 1520. The molecule has 0 saturated carbocycles. The van der Waals surface area contributed by atoms with Crippen LogP contribution in [0.2, 0.25) is 0 Å². The molecule has 1 aromatic heterocycles. The quantitative estimate of drug-likeness (QED) is 0.278. The van der Waals surface area contributed by atoms with Gasteiger partial charge in [0.2, 0.25) is 0 Å². The smallest absolute Gasteiger partial charge is 0.335 e. The summed E-state index contributed by atoms with van der Waals surface area (Å²) in [4.78, 5) is 18.3. The molecule has 4 aromatic rings. The normalized spacial score (nSPS) is 17.8. The first kappa shape index (κ1) is 25.3. The van der Waals surface area contributed by atoms with Crippen molar-refractivity contribution < 1.29 is 23.4 Å². The first-order valence-corrected chi connectivity index (χ1v) is 13.6. The molecule has 0 amide bonds. The van der Waals surface area contributed by atoms with Crippen LogP contribution in [0.1, 0.15) is 58.3 Å². The maximum Gasteiger partial charge on any atom is 0.335 e. The molecule has 6 nitrogen and oxygen atoms in total. The molecule has 6 rings (SSSR count). The van der Waals surface area contributed by atoms with Crippen LogP contribution in [0.5, 0.6) is 5.75 Å². The fraction of sp³-hybridized carbons (Fsp3) is 0.312. The Labute approximate surface area is 226 Å². The zero-order chi connectivity index (χ0) is 26.8. The second-order valence-electron chi connectivity index (χ2n) is 10.3. The van der Waals surface area contributed by atoms with Crippen molar-refractivity contribution in [2.45, 2.75) is 38.2 Å². The monoisotopic (exact) mass is 526 g/mol. The Kier molecular flexibility index (Phi) is 7.16. The summed E-state index contributed by atoms with van der Waals surface area (Å²) >= 11 is 0. The molecule has 1 saturated heterocycles. The van der Waals surface area contributed by atoms with E-state index in [0.29, 0.717) is 12.0 Å². The summed E-state index contributed by atoms with van der Waals surface area (Å²) in [5.41, 5.74) is 8.41. The molecular weight excluding hydrogens is 495 g/mol. The van der Waals surface area contributed by atoms with Crippen molar-refractivity contribution in [3.8, 4) is 5.75 Å². The molecule has 7 heteroatoms. The number of allylic oxidation sites excluding steroid dienone is 1. The van der Waals surface area contributed by atoms with Crippen LogP contribution in [0.3, 0.4) is 0 Å². The number of carboxylic acids is 1. The highest BCUT2D eigenvalue weighted by Gasteiger charge is 2.25. The third-order valence-electron chi connectivity index (χ3n) is 7.76. The predicted molar refractivity (Wildman–Crippen MR) is 149 cm³/mol. The van der Waals surface area contributed by atoms with Crippen molar-refractivity contribution in [1.82, 2.24) is 9.88 Å². The number of aromatic nitrogens is 1. The number of carboxylic acid groups (broad SMARTS) is 1. The van der Waals surface area contributed by atoms with Crippen LogP contribution in [-0.4, -0.2) is 53.4 Å². The number of benzene rings is 3. The summed E-state index contributed by atoms with van der Waals surface area (Å²) in [6.45, 7) is 2.24. The van der Waals surface area contributed by atoms with Crippen molar-refractivity contribution in [3.63, 3.8) is 0 Å². The molecule has 1 N–H and O–H groups in total. The number of halogens is 1. The highest BCUT2D eigenvalue weighted by molar-refractivity contribution is 6.01. The van der Waals surface area contributed by atoms with E-state index in [1.165, 1.54) is 12.0 Å². The Balaban J connectivity index is 1.37. The average Bonchev–Trinajstić information content (AvgIpc) is 3.56. The Morgan fingerprint density at radius 3 is 2.74 bits per heavy atom. The molecule has 200 valence electrons. The SMILES string of the molecule is O=C(O)c1ccc2c(c1)CCCC(c1ccc3ocnc3c1)=C2c1ccc(OC2CCN(CCCF)C2)cc1. The molecule has 0 bridgehead atoms. The van der Waals surface area contributed by atoms with Crippen molar-refractivity contribution in [1.29, 1.82) is 0 Å². The highest BCUT2D eigenvalue weighted by Crippen LogP contribution is 2.41. The number of likely N-dealkylation sites (tertiary alicyclic amines) is 1. The highest BCUT2D eigenvalue weighted by atomic mass is 19.1. The van der Waals surface area contributed by atoms with Crippen LogP contribution < -0.4 is 4.74 Å².